The average molecular weight is 324 g/mol. The number of hydrogen-bond acceptors (Lipinski definition) is 4. The highest BCUT2D eigenvalue weighted by Gasteiger charge is 2.42. The molecule has 4 nitrogen and oxygen atoms in total. The largest absolute Gasteiger partial charge is 0.497 e. The molecule has 1 unspecified atom stereocenters. The van der Waals surface area contributed by atoms with Gasteiger partial charge >= 0.3 is 0 Å². The molecule has 24 heavy (non-hydrogen) atoms. The lowest BCUT2D eigenvalue weighted by atomic mass is 9.73. The highest BCUT2D eigenvalue weighted by atomic mass is 16.5. The molecule has 0 radical (unpaired) electrons. The normalized spacial score (nSPS) is 30.2. The van der Waals surface area contributed by atoms with Gasteiger partial charge in [-0.1, -0.05) is 6.08 Å². The summed E-state index contributed by atoms with van der Waals surface area (Å²) in [4.78, 5) is 6.86. The van der Waals surface area contributed by atoms with Crippen molar-refractivity contribution in [1.29, 1.82) is 0 Å². The molecule has 5 rings (SSSR count). The van der Waals surface area contributed by atoms with Gasteiger partial charge in [-0.05, 0) is 61.1 Å². The van der Waals surface area contributed by atoms with Crippen molar-refractivity contribution in [2.24, 2.45) is 11.8 Å². The molecule has 3 fully saturated rings. The Hall–Kier alpha value is -1.91. The van der Waals surface area contributed by atoms with Crippen molar-refractivity contribution < 1.29 is 9.84 Å². The number of aromatic nitrogens is 1. The molecule has 3 aliphatic rings. The summed E-state index contributed by atoms with van der Waals surface area (Å²) in [6, 6.07) is 7.96. The van der Waals surface area contributed by atoms with Crippen LogP contribution in [-0.4, -0.2) is 41.2 Å². The lowest BCUT2D eigenvalue weighted by molar-refractivity contribution is -0.0444. The maximum Gasteiger partial charge on any atom is 0.119 e. The topological polar surface area (TPSA) is 45.6 Å². The van der Waals surface area contributed by atoms with Crippen molar-refractivity contribution in [3.8, 4) is 5.75 Å². The molecule has 0 spiro atoms. The van der Waals surface area contributed by atoms with Gasteiger partial charge in [0.25, 0.3) is 0 Å². The highest BCUT2D eigenvalue weighted by molar-refractivity contribution is 5.83. The quantitative estimate of drug-likeness (QED) is 0.878. The number of fused-ring (bicyclic) bond motifs is 4. The first-order chi connectivity index (χ1) is 11.7. The van der Waals surface area contributed by atoms with Crippen LogP contribution in [0, 0.1) is 11.8 Å². The second-order valence-corrected chi connectivity index (χ2v) is 6.97. The van der Waals surface area contributed by atoms with Gasteiger partial charge in [0.05, 0.1) is 18.7 Å². The SMILES string of the molecule is C=C[C@H]1CN2CC[C@@H]1C[C@@H]2[C@@H](O)c1ccnc2ccc(OC)cc12. The Balaban J connectivity index is 1.69. The number of methoxy groups -OCH3 is 1. The van der Waals surface area contributed by atoms with Gasteiger partial charge < -0.3 is 9.84 Å². The maximum atomic E-state index is 11.2. The van der Waals surface area contributed by atoms with Crippen LogP contribution in [0.3, 0.4) is 0 Å². The molecule has 1 N–H and O–H groups in total. The van der Waals surface area contributed by atoms with Crippen molar-refractivity contribution in [3.63, 3.8) is 0 Å². The zero-order chi connectivity index (χ0) is 16.7. The van der Waals surface area contributed by atoms with Gasteiger partial charge in [-0.15, -0.1) is 6.58 Å². The second-order valence-electron chi connectivity index (χ2n) is 6.97. The number of rotatable bonds is 4. The Kier molecular flexibility index (Phi) is 4.02. The van der Waals surface area contributed by atoms with Gasteiger partial charge in [0.15, 0.2) is 0 Å². The van der Waals surface area contributed by atoms with Crippen LogP contribution in [0.1, 0.15) is 24.5 Å². The second kappa shape index (κ2) is 6.19. The summed E-state index contributed by atoms with van der Waals surface area (Å²) in [6.45, 7) is 6.07. The van der Waals surface area contributed by atoms with Crippen molar-refractivity contribution in [3.05, 3.63) is 48.7 Å². The third kappa shape index (κ3) is 2.50. The smallest absolute Gasteiger partial charge is 0.119 e. The van der Waals surface area contributed by atoms with Crippen LogP contribution in [-0.2, 0) is 0 Å². The Morgan fingerprint density at radius 1 is 1.42 bits per heavy atom. The van der Waals surface area contributed by atoms with Crippen LogP contribution in [0.25, 0.3) is 10.9 Å². The van der Waals surface area contributed by atoms with E-state index in [1.807, 2.05) is 24.3 Å². The predicted octanol–water partition coefficient (Wildman–Crippen LogP) is 3.17. The van der Waals surface area contributed by atoms with Crippen LogP contribution in [0.15, 0.2) is 43.1 Å². The lowest BCUT2D eigenvalue weighted by Gasteiger charge is -2.50. The number of ether oxygens (including phenoxy) is 1. The molecule has 1 aromatic heterocycles. The highest BCUT2D eigenvalue weighted by Crippen LogP contribution is 2.42. The van der Waals surface area contributed by atoms with Crippen molar-refractivity contribution in [1.82, 2.24) is 9.88 Å². The minimum atomic E-state index is -0.504. The van der Waals surface area contributed by atoms with E-state index in [0.717, 1.165) is 41.7 Å². The minimum absolute atomic E-state index is 0.178. The summed E-state index contributed by atoms with van der Waals surface area (Å²) >= 11 is 0. The number of aliphatic hydroxyl groups excluding tert-OH is 1. The summed E-state index contributed by atoms with van der Waals surface area (Å²) < 4.78 is 5.35. The van der Waals surface area contributed by atoms with Gasteiger partial charge in [0, 0.05) is 24.2 Å². The van der Waals surface area contributed by atoms with E-state index < -0.39 is 6.10 Å². The maximum absolute atomic E-state index is 11.2. The molecular weight excluding hydrogens is 300 g/mol. The summed E-state index contributed by atoms with van der Waals surface area (Å²) in [5.41, 5.74) is 1.85. The van der Waals surface area contributed by atoms with E-state index in [-0.39, 0.29) is 6.04 Å². The van der Waals surface area contributed by atoms with E-state index in [2.05, 4.69) is 22.5 Å². The van der Waals surface area contributed by atoms with Crippen LogP contribution < -0.4 is 4.74 Å². The number of aliphatic hydroxyl groups is 1. The number of nitrogens with zero attached hydrogens (tertiary/aromatic N) is 2. The lowest BCUT2D eigenvalue weighted by Crippen LogP contribution is -2.54. The van der Waals surface area contributed by atoms with Crippen LogP contribution in [0.5, 0.6) is 5.75 Å². The molecule has 0 aliphatic carbocycles. The number of benzene rings is 1. The number of pyridine rings is 1. The summed E-state index contributed by atoms with van der Waals surface area (Å²) in [5, 5.41) is 12.1. The Bertz CT molecular complexity index is 760. The Labute approximate surface area is 142 Å². The van der Waals surface area contributed by atoms with E-state index in [1.54, 1.807) is 13.3 Å². The first-order valence-electron chi connectivity index (χ1n) is 8.68. The first-order valence-corrected chi connectivity index (χ1v) is 8.68. The molecule has 126 valence electrons. The fourth-order valence-corrected chi connectivity index (χ4v) is 4.44. The molecule has 0 amide bonds. The van der Waals surface area contributed by atoms with Gasteiger partial charge in [-0.3, -0.25) is 9.88 Å². The van der Waals surface area contributed by atoms with E-state index in [4.69, 9.17) is 4.74 Å². The standard InChI is InChI=1S/C20H24N2O2/c1-3-13-12-22-9-7-14(13)10-19(22)20(23)16-6-8-21-18-5-4-15(24-2)11-17(16)18/h3-6,8,11,13-14,19-20,23H,1,7,9-10,12H2,2H3/t13-,14+,19+,20-/m0/s1. The molecule has 3 saturated heterocycles. The van der Waals surface area contributed by atoms with Gasteiger partial charge in [0.1, 0.15) is 5.75 Å². The van der Waals surface area contributed by atoms with Gasteiger partial charge in [-0.2, -0.15) is 0 Å². The fourth-order valence-electron chi connectivity index (χ4n) is 4.44. The first kappa shape index (κ1) is 15.6. The van der Waals surface area contributed by atoms with E-state index in [9.17, 15) is 5.11 Å². The number of hydrogen-bond donors (Lipinski definition) is 1. The predicted molar refractivity (Wildman–Crippen MR) is 95.0 cm³/mol. The Morgan fingerprint density at radius 3 is 3.00 bits per heavy atom. The molecular formula is C20H24N2O2. The molecule has 1 aromatic carbocycles. The summed E-state index contributed by atoms with van der Waals surface area (Å²) in [6.07, 6.45) is 5.62. The third-order valence-electron chi connectivity index (χ3n) is 5.82. The van der Waals surface area contributed by atoms with E-state index in [0.29, 0.717) is 11.8 Å². The monoisotopic (exact) mass is 324 g/mol. The van der Waals surface area contributed by atoms with Crippen molar-refractivity contribution in [2.75, 3.05) is 20.2 Å². The molecule has 2 aromatic rings. The molecule has 0 saturated carbocycles. The molecule has 5 atom stereocenters. The van der Waals surface area contributed by atoms with Gasteiger partial charge in [-0.25, -0.2) is 0 Å². The van der Waals surface area contributed by atoms with E-state index >= 15 is 0 Å². The fraction of sp³-hybridized carbons (Fsp3) is 0.450. The zero-order valence-corrected chi connectivity index (χ0v) is 14.1. The minimum Gasteiger partial charge on any atom is -0.497 e. The molecule has 4 heteroatoms. The zero-order valence-electron chi connectivity index (χ0n) is 14.1. The third-order valence-corrected chi connectivity index (χ3v) is 5.82. The summed E-state index contributed by atoms with van der Waals surface area (Å²) in [7, 11) is 1.66. The molecule has 3 aliphatic heterocycles. The van der Waals surface area contributed by atoms with Crippen LogP contribution >= 0.6 is 0 Å². The van der Waals surface area contributed by atoms with E-state index in [1.165, 1.54) is 6.42 Å². The molecule has 2 bridgehead atoms. The Morgan fingerprint density at radius 2 is 2.29 bits per heavy atom. The van der Waals surface area contributed by atoms with Gasteiger partial charge in [0.2, 0.25) is 0 Å². The van der Waals surface area contributed by atoms with Crippen molar-refractivity contribution >= 4 is 10.9 Å². The van der Waals surface area contributed by atoms with Crippen LogP contribution in [0.4, 0.5) is 0 Å². The van der Waals surface area contributed by atoms with Crippen LogP contribution in [0.2, 0.25) is 0 Å². The number of piperidine rings is 3. The summed E-state index contributed by atoms with van der Waals surface area (Å²) in [5.74, 6) is 2.01. The molecule has 4 heterocycles. The average Bonchev–Trinajstić information content (AvgIpc) is 2.66. The van der Waals surface area contributed by atoms with Crippen molar-refractivity contribution in [2.45, 2.75) is 25.0 Å².